The summed E-state index contributed by atoms with van der Waals surface area (Å²) < 4.78 is 3.52. The molecule has 2 aromatic carbocycles. The predicted molar refractivity (Wildman–Crippen MR) is 127 cm³/mol. The van der Waals surface area contributed by atoms with Crippen LogP contribution in [0.4, 0.5) is 5.69 Å². The molecular weight excluding hydrogens is 454 g/mol. The van der Waals surface area contributed by atoms with Gasteiger partial charge in [-0.15, -0.1) is 10.2 Å². The number of aryl methyl sites for hydroxylation is 3. The summed E-state index contributed by atoms with van der Waals surface area (Å²) in [7, 11) is 1.75. The molecule has 0 bridgehead atoms. The van der Waals surface area contributed by atoms with Crippen molar-refractivity contribution >= 4 is 23.4 Å². The van der Waals surface area contributed by atoms with Gasteiger partial charge in [0.1, 0.15) is 6.33 Å². The quantitative estimate of drug-likeness (QED) is 0.221. The van der Waals surface area contributed by atoms with E-state index in [1.165, 1.54) is 12.4 Å². The lowest BCUT2D eigenvalue weighted by atomic mass is 10.1. The number of para-hydroxylation sites is 1. The molecule has 1 N–H and O–H groups in total. The second kappa shape index (κ2) is 10.3. The van der Waals surface area contributed by atoms with E-state index in [1.807, 2.05) is 48.1 Å². The molecular formula is C23H23N7O3S. The highest BCUT2D eigenvalue weighted by Gasteiger charge is 2.20. The van der Waals surface area contributed by atoms with Crippen LogP contribution in [0.15, 0.2) is 71.1 Å². The fourth-order valence-electron chi connectivity index (χ4n) is 3.39. The molecule has 4 rings (SSSR count). The van der Waals surface area contributed by atoms with Crippen LogP contribution >= 0.6 is 11.8 Å². The number of nitrogens with zero attached hydrogens (tertiary/aromatic N) is 6. The number of carbonyl (C=O) groups is 1. The van der Waals surface area contributed by atoms with Crippen molar-refractivity contribution < 1.29 is 9.72 Å². The van der Waals surface area contributed by atoms with Crippen LogP contribution in [-0.2, 0) is 13.5 Å². The van der Waals surface area contributed by atoms with E-state index in [0.717, 1.165) is 41.5 Å². The molecule has 0 atom stereocenters. The zero-order valence-corrected chi connectivity index (χ0v) is 19.5. The number of nitro groups is 1. The standard InChI is InChI=1S/C23H23N7O3S/c1-16-18(14-29(27-16)19-8-4-3-5-9-19)7-6-12-24-22(31)17-10-11-21(20(13-17)30(32)33)34-23-26-25-15-28(23)2/h3-5,8-11,13-15H,6-7,12H2,1-2H3,(H,24,31). The van der Waals surface area contributed by atoms with Crippen molar-refractivity contribution in [3.63, 3.8) is 0 Å². The van der Waals surface area contributed by atoms with Crippen LogP contribution in [0.2, 0.25) is 0 Å². The van der Waals surface area contributed by atoms with Crippen molar-refractivity contribution in [1.82, 2.24) is 29.9 Å². The van der Waals surface area contributed by atoms with Crippen LogP contribution in [0.1, 0.15) is 28.0 Å². The van der Waals surface area contributed by atoms with Gasteiger partial charge >= 0.3 is 0 Å². The Morgan fingerprint density at radius 1 is 1.21 bits per heavy atom. The third-order valence-corrected chi connectivity index (χ3v) is 6.34. The molecule has 0 unspecified atom stereocenters. The van der Waals surface area contributed by atoms with Crippen molar-refractivity contribution in [2.75, 3.05) is 6.54 Å². The number of benzene rings is 2. The number of amides is 1. The summed E-state index contributed by atoms with van der Waals surface area (Å²) in [4.78, 5) is 24.1. The molecule has 11 heteroatoms. The van der Waals surface area contributed by atoms with E-state index in [-0.39, 0.29) is 17.2 Å². The van der Waals surface area contributed by atoms with Gasteiger partial charge in [0.15, 0.2) is 5.16 Å². The van der Waals surface area contributed by atoms with Gasteiger partial charge in [-0.05, 0) is 61.4 Å². The minimum Gasteiger partial charge on any atom is -0.352 e. The van der Waals surface area contributed by atoms with Crippen molar-refractivity contribution in [1.29, 1.82) is 0 Å². The van der Waals surface area contributed by atoms with Crippen molar-refractivity contribution in [2.24, 2.45) is 7.05 Å². The third kappa shape index (κ3) is 5.31. The Morgan fingerprint density at radius 3 is 2.71 bits per heavy atom. The lowest BCUT2D eigenvalue weighted by molar-refractivity contribution is -0.387. The minimum atomic E-state index is -0.497. The fourth-order valence-corrected chi connectivity index (χ4v) is 4.24. The normalized spacial score (nSPS) is 10.9. The zero-order chi connectivity index (χ0) is 24.1. The Labute approximate surface area is 200 Å². The van der Waals surface area contributed by atoms with Crippen LogP contribution in [0.5, 0.6) is 0 Å². The SMILES string of the molecule is Cc1nn(-c2ccccc2)cc1CCCNC(=O)c1ccc(Sc2nncn2C)c([N+](=O)[O-])c1. The molecule has 0 fully saturated rings. The second-order valence-corrected chi connectivity index (χ2v) is 8.65. The Hall–Kier alpha value is -3.99. The summed E-state index contributed by atoms with van der Waals surface area (Å²) in [5, 5.41) is 27.2. The van der Waals surface area contributed by atoms with Gasteiger partial charge in [0.2, 0.25) is 0 Å². The molecule has 0 aliphatic heterocycles. The van der Waals surface area contributed by atoms with E-state index >= 15 is 0 Å². The average molecular weight is 478 g/mol. The molecule has 1 amide bonds. The van der Waals surface area contributed by atoms with Crippen LogP contribution < -0.4 is 5.32 Å². The van der Waals surface area contributed by atoms with Gasteiger partial charge in [-0.25, -0.2) is 4.68 Å². The highest BCUT2D eigenvalue weighted by atomic mass is 32.2. The summed E-state index contributed by atoms with van der Waals surface area (Å²) in [6.45, 7) is 2.41. The third-order valence-electron chi connectivity index (χ3n) is 5.22. The Bertz CT molecular complexity index is 1320. The number of hydrogen-bond donors (Lipinski definition) is 1. The number of aromatic nitrogens is 5. The van der Waals surface area contributed by atoms with Crippen molar-refractivity contribution in [2.45, 2.75) is 29.8 Å². The smallest absolute Gasteiger partial charge is 0.284 e. The molecule has 174 valence electrons. The molecule has 0 radical (unpaired) electrons. The van der Waals surface area contributed by atoms with Crippen LogP contribution in [0.25, 0.3) is 5.69 Å². The summed E-state index contributed by atoms with van der Waals surface area (Å²) in [5.41, 5.74) is 3.14. The van der Waals surface area contributed by atoms with Gasteiger partial charge in [-0.3, -0.25) is 14.9 Å². The molecule has 0 aliphatic rings. The summed E-state index contributed by atoms with van der Waals surface area (Å²) in [6, 6.07) is 14.3. The Kier molecular flexibility index (Phi) is 7.02. The minimum absolute atomic E-state index is 0.149. The molecule has 0 aliphatic carbocycles. The number of hydrogen-bond acceptors (Lipinski definition) is 7. The first-order chi connectivity index (χ1) is 16.4. The molecule has 2 heterocycles. The van der Waals surface area contributed by atoms with E-state index in [9.17, 15) is 14.9 Å². The Morgan fingerprint density at radius 2 is 2.00 bits per heavy atom. The molecule has 10 nitrogen and oxygen atoms in total. The second-order valence-electron chi connectivity index (χ2n) is 7.65. The number of nitro benzene ring substituents is 1. The fraction of sp³-hybridized carbons (Fsp3) is 0.217. The van der Waals surface area contributed by atoms with E-state index in [1.54, 1.807) is 23.7 Å². The molecule has 4 aromatic rings. The van der Waals surface area contributed by atoms with E-state index in [4.69, 9.17) is 0 Å². The maximum Gasteiger partial charge on any atom is 0.284 e. The summed E-state index contributed by atoms with van der Waals surface area (Å²) >= 11 is 1.13. The average Bonchev–Trinajstić information content (AvgIpc) is 3.42. The molecule has 0 spiro atoms. The maximum absolute atomic E-state index is 12.6. The molecule has 34 heavy (non-hydrogen) atoms. The lowest BCUT2D eigenvalue weighted by Crippen LogP contribution is -2.24. The number of carbonyl (C=O) groups excluding carboxylic acids is 1. The van der Waals surface area contributed by atoms with Crippen molar-refractivity contribution in [3.8, 4) is 5.69 Å². The van der Waals surface area contributed by atoms with Crippen molar-refractivity contribution in [3.05, 3.63) is 88.0 Å². The largest absolute Gasteiger partial charge is 0.352 e. The highest BCUT2D eigenvalue weighted by molar-refractivity contribution is 7.99. The first-order valence-electron chi connectivity index (χ1n) is 10.6. The maximum atomic E-state index is 12.6. The van der Waals surface area contributed by atoms with Crippen LogP contribution in [-0.4, -0.2) is 41.9 Å². The van der Waals surface area contributed by atoms with Gasteiger partial charge in [-0.2, -0.15) is 5.10 Å². The van der Waals surface area contributed by atoms with Crippen LogP contribution in [0, 0.1) is 17.0 Å². The van der Waals surface area contributed by atoms with E-state index in [2.05, 4.69) is 20.6 Å². The van der Waals surface area contributed by atoms with Gasteiger partial charge in [0.05, 0.1) is 21.2 Å². The monoisotopic (exact) mass is 477 g/mol. The van der Waals surface area contributed by atoms with E-state index < -0.39 is 4.92 Å². The lowest BCUT2D eigenvalue weighted by Gasteiger charge is -2.07. The van der Waals surface area contributed by atoms with Crippen LogP contribution in [0.3, 0.4) is 0 Å². The van der Waals surface area contributed by atoms with Gasteiger partial charge in [0.25, 0.3) is 11.6 Å². The van der Waals surface area contributed by atoms with Gasteiger partial charge < -0.3 is 9.88 Å². The topological polar surface area (TPSA) is 121 Å². The predicted octanol–water partition coefficient (Wildman–Crippen LogP) is 3.73. The molecule has 0 saturated heterocycles. The highest BCUT2D eigenvalue weighted by Crippen LogP contribution is 2.34. The molecule has 2 aromatic heterocycles. The number of rotatable bonds is 9. The first-order valence-corrected chi connectivity index (χ1v) is 11.4. The zero-order valence-electron chi connectivity index (χ0n) is 18.7. The first kappa shape index (κ1) is 23.2. The Balaban J connectivity index is 1.35. The van der Waals surface area contributed by atoms with Gasteiger partial charge in [0, 0.05) is 31.4 Å². The van der Waals surface area contributed by atoms with Gasteiger partial charge in [-0.1, -0.05) is 18.2 Å². The summed E-state index contributed by atoms with van der Waals surface area (Å²) in [5.74, 6) is -0.352. The van der Waals surface area contributed by atoms with E-state index in [0.29, 0.717) is 16.6 Å². The number of nitrogens with one attached hydrogen (secondary N) is 1. The molecule has 0 saturated carbocycles. The summed E-state index contributed by atoms with van der Waals surface area (Å²) in [6.07, 6.45) is 5.00.